The molecule has 1 fully saturated rings. The highest BCUT2D eigenvalue weighted by Crippen LogP contribution is 2.10. The molecule has 0 aliphatic carbocycles. The van der Waals surface area contributed by atoms with Crippen molar-refractivity contribution in [3.05, 3.63) is 35.4 Å². The summed E-state index contributed by atoms with van der Waals surface area (Å²) in [5.41, 5.74) is 1.93. The molecule has 86 valence electrons. The molecule has 0 atom stereocenters. The number of carboxylic acids is 1. The van der Waals surface area contributed by atoms with Crippen molar-refractivity contribution in [3.63, 3.8) is 0 Å². The van der Waals surface area contributed by atoms with Crippen LogP contribution in [0.15, 0.2) is 24.3 Å². The van der Waals surface area contributed by atoms with Crippen LogP contribution in [-0.4, -0.2) is 30.3 Å². The molecule has 1 aromatic rings. The molecule has 1 saturated heterocycles. The van der Waals surface area contributed by atoms with E-state index in [2.05, 4.69) is 5.32 Å². The summed E-state index contributed by atoms with van der Waals surface area (Å²) in [4.78, 5) is 10.7. The van der Waals surface area contributed by atoms with Crippen LogP contribution in [0.5, 0.6) is 0 Å². The van der Waals surface area contributed by atoms with Crippen molar-refractivity contribution >= 4 is 5.97 Å². The van der Waals surface area contributed by atoms with Gasteiger partial charge in [-0.2, -0.15) is 0 Å². The molecule has 2 rings (SSSR count). The normalized spacial score (nSPS) is 15.8. The molecule has 0 spiro atoms. The Bertz CT molecular complexity index is 374. The molecule has 1 heterocycles. The average molecular weight is 221 g/mol. The van der Waals surface area contributed by atoms with Crippen molar-refractivity contribution in [3.8, 4) is 0 Å². The second-order valence-electron chi connectivity index (χ2n) is 3.95. The largest absolute Gasteiger partial charge is 0.481 e. The second kappa shape index (κ2) is 5.09. The van der Waals surface area contributed by atoms with Gasteiger partial charge in [-0.25, -0.2) is 0 Å². The zero-order chi connectivity index (χ0) is 11.4. The van der Waals surface area contributed by atoms with Gasteiger partial charge in [-0.05, 0) is 11.1 Å². The summed E-state index contributed by atoms with van der Waals surface area (Å²) in [6.07, 6.45) is 0.0824. The van der Waals surface area contributed by atoms with E-state index in [0.29, 0.717) is 12.6 Å². The molecule has 4 heteroatoms. The van der Waals surface area contributed by atoms with Gasteiger partial charge in [0.15, 0.2) is 0 Å². The standard InChI is InChI=1S/C12H15NO3/c14-12(15)5-9-3-1-2-4-10(9)6-13-11-7-16-8-11/h1-4,11,13H,5-8H2,(H,14,15). The van der Waals surface area contributed by atoms with E-state index in [1.165, 1.54) is 0 Å². The molecule has 0 saturated carbocycles. The highest BCUT2D eigenvalue weighted by Gasteiger charge is 2.17. The SMILES string of the molecule is O=C(O)Cc1ccccc1CNC1COC1. The summed E-state index contributed by atoms with van der Waals surface area (Å²) >= 11 is 0. The Labute approximate surface area is 94.2 Å². The van der Waals surface area contributed by atoms with Gasteiger partial charge < -0.3 is 15.2 Å². The van der Waals surface area contributed by atoms with Gasteiger partial charge in [0.25, 0.3) is 0 Å². The van der Waals surface area contributed by atoms with E-state index in [-0.39, 0.29) is 6.42 Å². The number of carbonyl (C=O) groups is 1. The maximum absolute atomic E-state index is 10.7. The zero-order valence-corrected chi connectivity index (χ0v) is 8.98. The minimum absolute atomic E-state index is 0.0824. The Balaban J connectivity index is 1.97. The topological polar surface area (TPSA) is 58.6 Å². The molecule has 16 heavy (non-hydrogen) atoms. The number of rotatable bonds is 5. The molecule has 0 bridgehead atoms. The van der Waals surface area contributed by atoms with Crippen LogP contribution in [0.3, 0.4) is 0 Å². The lowest BCUT2D eigenvalue weighted by Crippen LogP contribution is -2.45. The van der Waals surface area contributed by atoms with Gasteiger partial charge in [0.1, 0.15) is 0 Å². The average Bonchev–Trinajstić information content (AvgIpc) is 2.17. The first-order chi connectivity index (χ1) is 7.75. The van der Waals surface area contributed by atoms with Gasteiger partial charge >= 0.3 is 5.97 Å². The molecule has 1 aromatic carbocycles. The van der Waals surface area contributed by atoms with Crippen LogP contribution in [0.2, 0.25) is 0 Å². The first-order valence-corrected chi connectivity index (χ1v) is 5.35. The van der Waals surface area contributed by atoms with Crippen molar-refractivity contribution in [2.45, 2.75) is 19.0 Å². The van der Waals surface area contributed by atoms with Gasteiger partial charge in [0.05, 0.1) is 25.7 Å². The summed E-state index contributed by atoms with van der Waals surface area (Å²) in [6.45, 7) is 2.21. The van der Waals surface area contributed by atoms with Crippen LogP contribution < -0.4 is 5.32 Å². The molecule has 0 amide bonds. The van der Waals surface area contributed by atoms with Crippen molar-refractivity contribution in [2.75, 3.05) is 13.2 Å². The first kappa shape index (κ1) is 11.1. The Hall–Kier alpha value is -1.39. The van der Waals surface area contributed by atoms with E-state index in [1.807, 2.05) is 24.3 Å². The van der Waals surface area contributed by atoms with Crippen molar-refractivity contribution in [1.82, 2.24) is 5.32 Å². The van der Waals surface area contributed by atoms with Crippen LogP contribution in [0.25, 0.3) is 0 Å². The Morgan fingerprint density at radius 3 is 2.62 bits per heavy atom. The quantitative estimate of drug-likeness (QED) is 0.772. The summed E-state index contributed by atoms with van der Waals surface area (Å²) in [5, 5.41) is 12.1. The fraction of sp³-hybridized carbons (Fsp3) is 0.417. The molecular weight excluding hydrogens is 206 g/mol. The van der Waals surface area contributed by atoms with E-state index >= 15 is 0 Å². The molecule has 0 aromatic heterocycles. The van der Waals surface area contributed by atoms with E-state index in [1.54, 1.807) is 0 Å². The second-order valence-corrected chi connectivity index (χ2v) is 3.95. The van der Waals surface area contributed by atoms with Crippen molar-refractivity contribution < 1.29 is 14.6 Å². The molecule has 4 nitrogen and oxygen atoms in total. The number of hydrogen-bond donors (Lipinski definition) is 2. The van der Waals surface area contributed by atoms with Crippen LogP contribution in [-0.2, 0) is 22.5 Å². The molecule has 1 aliphatic rings. The van der Waals surface area contributed by atoms with Crippen LogP contribution in [0.4, 0.5) is 0 Å². The van der Waals surface area contributed by atoms with Gasteiger partial charge in [0.2, 0.25) is 0 Å². The third kappa shape index (κ3) is 2.81. The predicted molar refractivity (Wildman–Crippen MR) is 59.2 cm³/mol. The van der Waals surface area contributed by atoms with Gasteiger partial charge in [-0.1, -0.05) is 24.3 Å². The molecule has 0 radical (unpaired) electrons. The fourth-order valence-corrected chi connectivity index (χ4v) is 1.67. The fourth-order valence-electron chi connectivity index (χ4n) is 1.67. The minimum Gasteiger partial charge on any atom is -0.481 e. The van der Waals surface area contributed by atoms with Crippen LogP contribution in [0, 0.1) is 0 Å². The van der Waals surface area contributed by atoms with E-state index < -0.39 is 5.97 Å². The third-order valence-corrected chi connectivity index (χ3v) is 2.68. The maximum Gasteiger partial charge on any atom is 0.307 e. The number of nitrogens with one attached hydrogen (secondary N) is 1. The molecule has 1 aliphatic heterocycles. The van der Waals surface area contributed by atoms with Crippen LogP contribution >= 0.6 is 0 Å². The van der Waals surface area contributed by atoms with Gasteiger partial charge in [-0.3, -0.25) is 4.79 Å². The van der Waals surface area contributed by atoms with Crippen molar-refractivity contribution in [2.24, 2.45) is 0 Å². The number of aliphatic carboxylic acids is 1. The van der Waals surface area contributed by atoms with Gasteiger partial charge in [-0.15, -0.1) is 0 Å². The van der Waals surface area contributed by atoms with E-state index in [4.69, 9.17) is 9.84 Å². The molecule has 2 N–H and O–H groups in total. The van der Waals surface area contributed by atoms with Crippen molar-refractivity contribution in [1.29, 1.82) is 0 Å². The van der Waals surface area contributed by atoms with Crippen LogP contribution in [0.1, 0.15) is 11.1 Å². The Kier molecular flexibility index (Phi) is 3.54. The predicted octanol–water partition coefficient (Wildman–Crippen LogP) is 0.802. The third-order valence-electron chi connectivity index (χ3n) is 2.68. The lowest BCUT2D eigenvalue weighted by Gasteiger charge is -2.27. The number of benzene rings is 1. The number of ether oxygens (including phenoxy) is 1. The maximum atomic E-state index is 10.7. The first-order valence-electron chi connectivity index (χ1n) is 5.35. The summed E-state index contributed by atoms with van der Waals surface area (Å²) in [5.74, 6) is -0.792. The van der Waals surface area contributed by atoms with E-state index in [9.17, 15) is 4.79 Å². The lowest BCUT2D eigenvalue weighted by atomic mass is 10.0. The molecular formula is C12H15NO3. The lowest BCUT2D eigenvalue weighted by molar-refractivity contribution is -0.136. The summed E-state index contributed by atoms with van der Waals surface area (Å²) in [7, 11) is 0. The molecule has 0 unspecified atom stereocenters. The highest BCUT2D eigenvalue weighted by molar-refractivity contribution is 5.70. The van der Waals surface area contributed by atoms with Gasteiger partial charge in [0, 0.05) is 6.54 Å². The van der Waals surface area contributed by atoms with E-state index in [0.717, 1.165) is 24.3 Å². The zero-order valence-electron chi connectivity index (χ0n) is 8.98. The summed E-state index contributed by atoms with van der Waals surface area (Å²) < 4.78 is 5.06. The number of carboxylic acid groups (broad SMARTS) is 1. The Morgan fingerprint density at radius 1 is 1.38 bits per heavy atom. The highest BCUT2D eigenvalue weighted by atomic mass is 16.5. The Morgan fingerprint density at radius 2 is 2.06 bits per heavy atom. The smallest absolute Gasteiger partial charge is 0.307 e. The summed E-state index contributed by atoms with van der Waals surface area (Å²) in [6, 6.07) is 8.04. The monoisotopic (exact) mass is 221 g/mol. The number of hydrogen-bond acceptors (Lipinski definition) is 3. The minimum atomic E-state index is -0.792.